The summed E-state index contributed by atoms with van der Waals surface area (Å²) in [6.45, 7) is 0. The predicted octanol–water partition coefficient (Wildman–Crippen LogP) is 17.4. The second kappa shape index (κ2) is 12.0. The van der Waals surface area contributed by atoms with Crippen LogP contribution in [0.25, 0.3) is 140 Å². The summed E-state index contributed by atoms with van der Waals surface area (Å²) in [4.78, 5) is 0. The van der Waals surface area contributed by atoms with Crippen LogP contribution in [-0.4, -0.2) is 0 Å². The van der Waals surface area contributed by atoms with E-state index in [-0.39, 0.29) is 0 Å². The first kappa shape index (κ1) is 32.4. The fraction of sp³-hybridized carbons (Fsp3) is 0. The minimum absolute atomic E-state index is 0.901. The first-order chi connectivity index (χ1) is 29.7. The summed E-state index contributed by atoms with van der Waals surface area (Å²) in [6.07, 6.45) is 0. The zero-order chi connectivity index (χ0) is 39.1. The Morgan fingerprint density at radius 2 is 0.667 bits per heavy atom. The first-order valence-corrected chi connectivity index (χ1v) is 21.5. The molecule has 0 spiro atoms. The second-order valence-corrected chi connectivity index (χ2v) is 17.4. The van der Waals surface area contributed by atoms with Crippen molar-refractivity contribution in [3.63, 3.8) is 0 Å². The Hall–Kier alpha value is -7.52. The minimum Gasteiger partial charge on any atom is -0.456 e. The van der Waals surface area contributed by atoms with Crippen LogP contribution in [0.3, 0.4) is 0 Å². The van der Waals surface area contributed by atoms with Crippen molar-refractivity contribution in [2.24, 2.45) is 0 Å². The van der Waals surface area contributed by atoms with Crippen molar-refractivity contribution in [3.8, 4) is 22.3 Å². The molecule has 0 fully saturated rings. The Kier molecular flexibility index (Phi) is 6.50. The van der Waals surface area contributed by atoms with Gasteiger partial charge in [-0.2, -0.15) is 0 Å². The van der Waals surface area contributed by atoms with Gasteiger partial charge in [-0.3, -0.25) is 0 Å². The molecule has 0 amide bonds. The maximum Gasteiger partial charge on any atom is 0.135 e. The van der Waals surface area contributed by atoms with Crippen molar-refractivity contribution in [1.82, 2.24) is 0 Å². The highest BCUT2D eigenvalue weighted by atomic mass is 32.1. The van der Waals surface area contributed by atoms with E-state index in [1.54, 1.807) is 0 Å². The minimum atomic E-state index is 0.901. The van der Waals surface area contributed by atoms with Crippen LogP contribution in [0.15, 0.2) is 199 Å². The van der Waals surface area contributed by atoms with Gasteiger partial charge < -0.3 is 4.42 Å². The average molecular weight is 777 g/mol. The van der Waals surface area contributed by atoms with E-state index < -0.39 is 0 Å². The molecule has 0 N–H and O–H groups in total. The Balaban J connectivity index is 0.954. The van der Waals surface area contributed by atoms with Crippen LogP contribution in [0, 0.1) is 0 Å². The molecule has 14 rings (SSSR count). The van der Waals surface area contributed by atoms with E-state index in [0.717, 1.165) is 21.9 Å². The topological polar surface area (TPSA) is 13.1 Å². The largest absolute Gasteiger partial charge is 0.456 e. The molecule has 0 aliphatic carbocycles. The lowest BCUT2D eigenvalue weighted by molar-refractivity contribution is 0.669. The molecule has 2 heterocycles. The molecule has 2 heteroatoms. The van der Waals surface area contributed by atoms with Crippen molar-refractivity contribution in [2.45, 2.75) is 0 Å². The van der Waals surface area contributed by atoms with E-state index in [4.69, 9.17) is 4.42 Å². The molecule has 1 nitrogen and oxygen atoms in total. The summed E-state index contributed by atoms with van der Waals surface area (Å²) in [6, 6.07) is 72.0. The summed E-state index contributed by atoms with van der Waals surface area (Å²) in [5.74, 6) is 0. The molecule has 0 radical (unpaired) electrons. The third-order valence-corrected chi connectivity index (χ3v) is 14.4. The number of benzene rings is 12. The normalized spacial score (nSPS) is 12.3. The fourth-order valence-electron chi connectivity index (χ4n) is 10.4. The molecule has 0 atom stereocenters. The summed E-state index contributed by atoms with van der Waals surface area (Å²) >= 11 is 1.91. The monoisotopic (exact) mass is 776 g/mol. The van der Waals surface area contributed by atoms with Gasteiger partial charge in [0.15, 0.2) is 0 Å². The van der Waals surface area contributed by atoms with Crippen LogP contribution < -0.4 is 0 Å². The standard InChI is InChI=1S/C58H32OS/c1-2-10-38-33(9-1)17-24-48-57-55(60-58(38)48)28-25-46-42-14-6-8-16-44(42)50-30-35(19-23-47(50)56(46)57)37-21-27-54-52(32-37)51-31-36(20-26-53(51)59-54)34-18-22-45-41-13-4-3-11-39(41)40-12-5-7-15-43(40)49(45)29-34/h1-32H. The molecule has 0 aliphatic heterocycles. The molecule has 14 aromatic rings. The Morgan fingerprint density at radius 3 is 1.27 bits per heavy atom. The molecular weight excluding hydrogens is 745 g/mol. The van der Waals surface area contributed by atoms with E-state index >= 15 is 0 Å². The van der Waals surface area contributed by atoms with Crippen molar-refractivity contribution < 1.29 is 4.42 Å². The van der Waals surface area contributed by atoms with Gasteiger partial charge in [0.1, 0.15) is 11.2 Å². The zero-order valence-electron chi connectivity index (χ0n) is 32.3. The predicted molar refractivity (Wildman–Crippen MR) is 260 cm³/mol. The molecule has 0 saturated heterocycles. The average Bonchev–Trinajstić information content (AvgIpc) is 3.89. The van der Waals surface area contributed by atoms with E-state index in [1.807, 2.05) is 11.3 Å². The zero-order valence-corrected chi connectivity index (χ0v) is 33.1. The Bertz CT molecular complexity index is 4150. The molecule has 60 heavy (non-hydrogen) atoms. The molecule has 276 valence electrons. The number of thiophene rings is 1. The van der Waals surface area contributed by atoms with Gasteiger partial charge in [0.2, 0.25) is 0 Å². The Morgan fingerprint density at radius 1 is 0.267 bits per heavy atom. The smallest absolute Gasteiger partial charge is 0.135 e. The molecular formula is C58H32OS. The first-order valence-electron chi connectivity index (χ1n) is 20.6. The summed E-state index contributed by atoms with van der Waals surface area (Å²) in [5.41, 5.74) is 6.55. The highest BCUT2D eigenvalue weighted by Gasteiger charge is 2.18. The van der Waals surface area contributed by atoms with Crippen LogP contribution >= 0.6 is 11.3 Å². The van der Waals surface area contributed by atoms with Crippen LogP contribution in [0.5, 0.6) is 0 Å². The van der Waals surface area contributed by atoms with Crippen molar-refractivity contribution in [3.05, 3.63) is 194 Å². The number of rotatable bonds is 2. The molecule has 0 bridgehead atoms. The Labute approximate surface area is 347 Å². The molecule has 0 saturated carbocycles. The summed E-state index contributed by atoms with van der Waals surface area (Å²) < 4.78 is 9.17. The lowest BCUT2D eigenvalue weighted by atomic mass is 9.90. The van der Waals surface area contributed by atoms with Crippen LogP contribution in [0.4, 0.5) is 0 Å². The van der Waals surface area contributed by atoms with Gasteiger partial charge in [0.05, 0.1) is 0 Å². The van der Waals surface area contributed by atoms with Crippen LogP contribution in [0.2, 0.25) is 0 Å². The second-order valence-electron chi connectivity index (χ2n) is 16.3. The number of furan rings is 1. The highest BCUT2D eigenvalue weighted by molar-refractivity contribution is 7.27. The number of hydrogen-bond donors (Lipinski definition) is 0. The maximum absolute atomic E-state index is 6.48. The number of fused-ring (bicyclic) bond motifs is 21. The highest BCUT2D eigenvalue weighted by Crippen LogP contribution is 2.47. The quantitative estimate of drug-likeness (QED) is 0.159. The van der Waals surface area contributed by atoms with Crippen molar-refractivity contribution in [2.75, 3.05) is 0 Å². The van der Waals surface area contributed by atoms with Crippen LogP contribution in [-0.2, 0) is 0 Å². The van der Waals surface area contributed by atoms with Gasteiger partial charge in [0.25, 0.3) is 0 Å². The SMILES string of the molecule is c1ccc2c(c1)ccc1c2sc2ccc3c4ccccc4c4cc(-c5ccc6oc7ccc(-c8ccc9c%10ccccc%10c%10ccccc%10c9c8)cc7c6c5)ccc4c3c21. The van der Waals surface area contributed by atoms with Crippen molar-refractivity contribution >= 4 is 129 Å². The van der Waals surface area contributed by atoms with Gasteiger partial charge in [-0.05, 0) is 140 Å². The van der Waals surface area contributed by atoms with E-state index in [9.17, 15) is 0 Å². The molecule has 12 aromatic carbocycles. The third-order valence-electron chi connectivity index (χ3n) is 13.2. The fourth-order valence-corrected chi connectivity index (χ4v) is 11.7. The van der Waals surface area contributed by atoms with Gasteiger partial charge in [0, 0.05) is 30.9 Å². The van der Waals surface area contributed by atoms with Gasteiger partial charge in [-0.1, -0.05) is 152 Å². The van der Waals surface area contributed by atoms with Gasteiger partial charge in [-0.25, -0.2) is 0 Å². The van der Waals surface area contributed by atoms with E-state index in [2.05, 4.69) is 194 Å². The van der Waals surface area contributed by atoms with Gasteiger partial charge in [-0.15, -0.1) is 11.3 Å². The van der Waals surface area contributed by atoms with E-state index in [1.165, 1.54) is 118 Å². The third kappa shape index (κ3) is 4.46. The molecule has 2 aromatic heterocycles. The summed E-state index contributed by atoms with van der Waals surface area (Å²) in [7, 11) is 0. The molecule has 0 unspecified atom stereocenters. The lowest BCUT2D eigenvalue weighted by Crippen LogP contribution is -1.86. The maximum atomic E-state index is 6.48. The lowest BCUT2D eigenvalue weighted by Gasteiger charge is -2.13. The van der Waals surface area contributed by atoms with Crippen molar-refractivity contribution in [1.29, 1.82) is 0 Å². The van der Waals surface area contributed by atoms with Crippen LogP contribution in [0.1, 0.15) is 0 Å². The molecule has 0 aliphatic rings. The van der Waals surface area contributed by atoms with Gasteiger partial charge >= 0.3 is 0 Å². The summed E-state index contributed by atoms with van der Waals surface area (Å²) in [5, 5.41) is 23.1. The van der Waals surface area contributed by atoms with E-state index in [0.29, 0.717) is 0 Å². The number of hydrogen-bond acceptors (Lipinski definition) is 2.